The number of hydrogen-bond donors (Lipinski definition) is 0. The number of thioether (sulfide) groups is 1. The molecule has 0 aliphatic carbocycles. The van der Waals surface area contributed by atoms with Crippen LogP contribution in [0.15, 0.2) is 35.5 Å². The van der Waals surface area contributed by atoms with E-state index < -0.39 is 0 Å². The standard InChI is InChI=1S/C10H8N2O2S/c1-15-9-3-2-7-6-11-5-4-8(7)10(9)12(13)14/h2-6H,1H3. The van der Waals surface area contributed by atoms with Gasteiger partial charge in [-0.15, -0.1) is 11.8 Å². The average molecular weight is 220 g/mol. The fourth-order valence-electron chi connectivity index (χ4n) is 1.49. The quantitative estimate of drug-likeness (QED) is 0.443. The van der Waals surface area contributed by atoms with Gasteiger partial charge in [0.25, 0.3) is 5.69 Å². The predicted octanol–water partition coefficient (Wildman–Crippen LogP) is 2.86. The third-order valence-electron chi connectivity index (χ3n) is 2.16. The number of nitro benzene ring substituents is 1. The summed E-state index contributed by atoms with van der Waals surface area (Å²) in [6.45, 7) is 0. The highest BCUT2D eigenvalue weighted by Crippen LogP contribution is 2.34. The van der Waals surface area contributed by atoms with Crippen LogP contribution in [0.2, 0.25) is 0 Å². The molecule has 5 heteroatoms. The molecule has 1 aromatic heterocycles. The van der Waals surface area contributed by atoms with Crippen LogP contribution < -0.4 is 0 Å². The SMILES string of the molecule is CSc1ccc2cnccc2c1[N+](=O)[O-]. The van der Waals surface area contributed by atoms with Gasteiger partial charge in [0.2, 0.25) is 0 Å². The van der Waals surface area contributed by atoms with Gasteiger partial charge < -0.3 is 0 Å². The van der Waals surface area contributed by atoms with Gasteiger partial charge >= 0.3 is 0 Å². The minimum absolute atomic E-state index is 0.169. The lowest BCUT2D eigenvalue weighted by molar-refractivity contribution is -0.385. The van der Waals surface area contributed by atoms with Crippen LogP contribution >= 0.6 is 11.8 Å². The van der Waals surface area contributed by atoms with E-state index in [1.807, 2.05) is 12.3 Å². The van der Waals surface area contributed by atoms with E-state index in [1.165, 1.54) is 11.8 Å². The van der Waals surface area contributed by atoms with Crippen molar-refractivity contribution in [2.24, 2.45) is 0 Å². The van der Waals surface area contributed by atoms with Crippen LogP contribution in [0, 0.1) is 10.1 Å². The average Bonchev–Trinajstić information content (AvgIpc) is 2.27. The molecule has 0 fully saturated rings. The van der Waals surface area contributed by atoms with E-state index in [1.54, 1.807) is 24.5 Å². The maximum Gasteiger partial charge on any atom is 0.290 e. The number of benzene rings is 1. The Bertz CT molecular complexity index is 528. The molecule has 0 atom stereocenters. The smallest absolute Gasteiger partial charge is 0.264 e. The van der Waals surface area contributed by atoms with Gasteiger partial charge in [0.1, 0.15) is 0 Å². The van der Waals surface area contributed by atoms with Gasteiger partial charge in [-0.05, 0) is 18.4 Å². The van der Waals surface area contributed by atoms with Crippen molar-refractivity contribution in [3.63, 3.8) is 0 Å². The van der Waals surface area contributed by atoms with Gasteiger partial charge in [0, 0.05) is 17.8 Å². The Balaban J connectivity index is 2.85. The zero-order valence-electron chi connectivity index (χ0n) is 8.01. The predicted molar refractivity (Wildman–Crippen MR) is 60.2 cm³/mol. The molecule has 0 N–H and O–H groups in total. The number of rotatable bonds is 2. The maximum absolute atomic E-state index is 11.0. The summed E-state index contributed by atoms with van der Waals surface area (Å²) in [5.74, 6) is 0. The van der Waals surface area contributed by atoms with Crippen molar-refractivity contribution in [2.75, 3.05) is 6.26 Å². The van der Waals surface area contributed by atoms with Crippen LogP contribution in [0.25, 0.3) is 10.8 Å². The molecule has 2 aromatic rings. The molecule has 0 aliphatic heterocycles. The van der Waals surface area contributed by atoms with Crippen LogP contribution in [-0.4, -0.2) is 16.2 Å². The summed E-state index contributed by atoms with van der Waals surface area (Å²) in [7, 11) is 0. The van der Waals surface area contributed by atoms with E-state index in [0.29, 0.717) is 10.3 Å². The molecule has 0 spiro atoms. The molecule has 4 nitrogen and oxygen atoms in total. The molecule has 0 aliphatic rings. The molecule has 0 radical (unpaired) electrons. The first-order valence-corrected chi connectivity index (χ1v) is 5.51. The van der Waals surface area contributed by atoms with Crippen LogP contribution in [-0.2, 0) is 0 Å². The highest BCUT2D eigenvalue weighted by molar-refractivity contribution is 7.98. The Labute approximate surface area is 90.5 Å². The normalized spacial score (nSPS) is 10.5. The van der Waals surface area contributed by atoms with Gasteiger partial charge in [-0.3, -0.25) is 15.1 Å². The third kappa shape index (κ3) is 1.66. The van der Waals surface area contributed by atoms with E-state index in [0.717, 1.165) is 5.39 Å². The lowest BCUT2D eigenvalue weighted by Crippen LogP contribution is -1.92. The Morgan fingerprint density at radius 1 is 1.40 bits per heavy atom. The van der Waals surface area contributed by atoms with Crippen molar-refractivity contribution in [3.05, 3.63) is 40.7 Å². The molecule has 0 amide bonds. The molecule has 0 bridgehead atoms. The molecule has 0 saturated heterocycles. The Morgan fingerprint density at radius 3 is 2.87 bits per heavy atom. The number of hydrogen-bond acceptors (Lipinski definition) is 4. The third-order valence-corrected chi connectivity index (χ3v) is 2.93. The Hall–Kier alpha value is -1.62. The lowest BCUT2D eigenvalue weighted by atomic mass is 10.1. The number of nitro groups is 1. The second kappa shape index (κ2) is 3.86. The molecule has 1 heterocycles. The van der Waals surface area contributed by atoms with E-state index >= 15 is 0 Å². The van der Waals surface area contributed by atoms with Crippen molar-refractivity contribution in [1.29, 1.82) is 0 Å². The first-order chi connectivity index (χ1) is 7.24. The fraction of sp³-hybridized carbons (Fsp3) is 0.100. The molecule has 1 aromatic carbocycles. The lowest BCUT2D eigenvalue weighted by Gasteiger charge is -2.02. The van der Waals surface area contributed by atoms with Crippen molar-refractivity contribution < 1.29 is 4.92 Å². The molecule has 0 saturated carbocycles. The van der Waals surface area contributed by atoms with Crippen LogP contribution in [0.4, 0.5) is 5.69 Å². The van der Waals surface area contributed by atoms with Crippen molar-refractivity contribution in [1.82, 2.24) is 4.98 Å². The summed E-state index contributed by atoms with van der Waals surface area (Å²) in [5, 5.41) is 12.4. The molecule has 76 valence electrons. The van der Waals surface area contributed by atoms with Gasteiger partial charge in [0.05, 0.1) is 15.2 Å². The molecular formula is C10H8N2O2S. The van der Waals surface area contributed by atoms with Crippen molar-refractivity contribution in [3.8, 4) is 0 Å². The van der Waals surface area contributed by atoms with E-state index in [-0.39, 0.29) is 10.6 Å². The number of nitrogens with zero attached hydrogens (tertiary/aromatic N) is 2. The highest BCUT2D eigenvalue weighted by atomic mass is 32.2. The summed E-state index contributed by atoms with van der Waals surface area (Å²) in [5.41, 5.74) is 0.169. The Kier molecular flexibility index (Phi) is 2.55. The second-order valence-corrected chi connectivity index (χ2v) is 3.82. The minimum Gasteiger partial charge on any atom is -0.264 e. The molecular weight excluding hydrogens is 212 g/mol. The van der Waals surface area contributed by atoms with Gasteiger partial charge in [-0.2, -0.15) is 0 Å². The number of aromatic nitrogens is 1. The number of pyridine rings is 1. The van der Waals surface area contributed by atoms with Crippen molar-refractivity contribution in [2.45, 2.75) is 4.90 Å². The fourth-order valence-corrected chi connectivity index (χ4v) is 2.07. The van der Waals surface area contributed by atoms with Crippen LogP contribution in [0.3, 0.4) is 0 Å². The zero-order valence-corrected chi connectivity index (χ0v) is 8.82. The van der Waals surface area contributed by atoms with E-state index in [2.05, 4.69) is 4.98 Å². The monoisotopic (exact) mass is 220 g/mol. The van der Waals surface area contributed by atoms with E-state index in [9.17, 15) is 10.1 Å². The van der Waals surface area contributed by atoms with E-state index in [4.69, 9.17) is 0 Å². The molecule has 2 rings (SSSR count). The van der Waals surface area contributed by atoms with Gasteiger partial charge in [-0.25, -0.2) is 0 Å². The summed E-state index contributed by atoms with van der Waals surface area (Å²) in [4.78, 5) is 15.2. The first kappa shape index (κ1) is 9.92. The summed E-state index contributed by atoms with van der Waals surface area (Å²) < 4.78 is 0. The molecule has 15 heavy (non-hydrogen) atoms. The maximum atomic E-state index is 11.0. The first-order valence-electron chi connectivity index (χ1n) is 4.29. The largest absolute Gasteiger partial charge is 0.290 e. The summed E-state index contributed by atoms with van der Waals surface area (Å²) >= 11 is 1.38. The Morgan fingerprint density at radius 2 is 2.20 bits per heavy atom. The second-order valence-electron chi connectivity index (χ2n) is 2.97. The van der Waals surface area contributed by atoms with Crippen molar-refractivity contribution >= 4 is 28.2 Å². The topological polar surface area (TPSA) is 56.0 Å². The summed E-state index contributed by atoms with van der Waals surface area (Å²) in [6.07, 6.45) is 5.03. The zero-order chi connectivity index (χ0) is 10.8. The van der Waals surface area contributed by atoms with Crippen LogP contribution in [0.5, 0.6) is 0 Å². The van der Waals surface area contributed by atoms with Gasteiger partial charge in [0.15, 0.2) is 0 Å². The molecule has 0 unspecified atom stereocenters. The van der Waals surface area contributed by atoms with Crippen LogP contribution in [0.1, 0.15) is 0 Å². The highest BCUT2D eigenvalue weighted by Gasteiger charge is 2.17. The minimum atomic E-state index is -0.339. The number of fused-ring (bicyclic) bond motifs is 1. The summed E-state index contributed by atoms with van der Waals surface area (Å²) in [6, 6.07) is 5.28. The van der Waals surface area contributed by atoms with Gasteiger partial charge in [-0.1, -0.05) is 6.07 Å².